The fourth-order valence-electron chi connectivity index (χ4n) is 2.17. The molecule has 0 aliphatic rings. The predicted molar refractivity (Wildman–Crippen MR) is 88.2 cm³/mol. The van der Waals surface area contributed by atoms with Gasteiger partial charge >= 0.3 is 0 Å². The molecule has 0 saturated heterocycles. The standard InChI is InChI=1S/C16H18N6O3/c1-10(2)22-15(18-20-21-22)9-24-13-6-4-12(5-7-13)16(23)17-14-8-11(3)25-19-14/h4-8,10H,9H2,1-3H3,(H,17,19,23). The van der Waals surface area contributed by atoms with Crippen LogP contribution < -0.4 is 10.1 Å². The SMILES string of the molecule is Cc1cc(NC(=O)c2ccc(OCc3nnnn3C(C)C)cc2)no1. The molecule has 1 amide bonds. The van der Waals surface area contributed by atoms with Gasteiger partial charge in [0.15, 0.2) is 11.6 Å². The summed E-state index contributed by atoms with van der Waals surface area (Å²) in [6.45, 7) is 5.98. The number of ether oxygens (including phenoxy) is 1. The van der Waals surface area contributed by atoms with Crippen LogP contribution in [0.5, 0.6) is 5.75 Å². The summed E-state index contributed by atoms with van der Waals surface area (Å²) in [6, 6.07) is 8.57. The molecular formula is C16H18N6O3. The lowest BCUT2D eigenvalue weighted by Gasteiger charge is -2.09. The highest BCUT2D eigenvalue weighted by molar-refractivity contribution is 6.03. The Bertz CT molecular complexity index is 853. The number of benzene rings is 1. The summed E-state index contributed by atoms with van der Waals surface area (Å²) in [5, 5.41) is 17.9. The van der Waals surface area contributed by atoms with Crippen LogP contribution >= 0.6 is 0 Å². The minimum atomic E-state index is -0.274. The number of nitrogens with one attached hydrogen (secondary N) is 1. The van der Waals surface area contributed by atoms with Gasteiger partial charge in [-0.3, -0.25) is 4.79 Å². The molecule has 0 fully saturated rings. The zero-order valence-corrected chi connectivity index (χ0v) is 14.1. The van der Waals surface area contributed by atoms with Crippen LogP contribution in [-0.2, 0) is 6.61 Å². The second kappa shape index (κ2) is 7.12. The Labute approximate surface area is 144 Å². The van der Waals surface area contributed by atoms with E-state index in [1.165, 1.54) is 0 Å². The van der Waals surface area contributed by atoms with E-state index >= 15 is 0 Å². The predicted octanol–water partition coefficient (Wildman–Crippen LogP) is 2.38. The molecule has 0 bridgehead atoms. The Morgan fingerprint density at radius 2 is 2.08 bits per heavy atom. The van der Waals surface area contributed by atoms with E-state index in [1.807, 2.05) is 13.8 Å². The van der Waals surface area contributed by atoms with Gasteiger partial charge in [0.25, 0.3) is 5.91 Å². The Morgan fingerprint density at radius 3 is 2.72 bits per heavy atom. The van der Waals surface area contributed by atoms with Crippen LogP contribution in [0, 0.1) is 6.92 Å². The summed E-state index contributed by atoms with van der Waals surface area (Å²) in [6.07, 6.45) is 0. The first-order valence-electron chi connectivity index (χ1n) is 7.77. The largest absolute Gasteiger partial charge is 0.486 e. The number of hydrogen-bond donors (Lipinski definition) is 1. The van der Waals surface area contributed by atoms with E-state index in [0.29, 0.717) is 28.7 Å². The number of carbonyl (C=O) groups is 1. The van der Waals surface area contributed by atoms with Crippen molar-refractivity contribution in [1.29, 1.82) is 0 Å². The van der Waals surface area contributed by atoms with Crippen molar-refractivity contribution in [3.8, 4) is 5.75 Å². The van der Waals surface area contributed by atoms with Crippen molar-refractivity contribution in [2.24, 2.45) is 0 Å². The van der Waals surface area contributed by atoms with E-state index in [0.717, 1.165) is 0 Å². The lowest BCUT2D eigenvalue weighted by Crippen LogP contribution is -2.12. The van der Waals surface area contributed by atoms with Gasteiger partial charge in [-0.05, 0) is 55.5 Å². The van der Waals surface area contributed by atoms with Gasteiger partial charge in [-0.15, -0.1) is 5.10 Å². The summed E-state index contributed by atoms with van der Waals surface area (Å²) >= 11 is 0. The van der Waals surface area contributed by atoms with Crippen molar-refractivity contribution in [2.45, 2.75) is 33.4 Å². The maximum absolute atomic E-state index is 12.1. The van der Waals surface area contributed by atoms with Crippen LogP contribution in [0.3, 0.4) is 0 Å². The molecule has 0 aliphatic carbocycles. The van der Waals surface area contributed by atoms with Gasteiger partial charge < -0.3 is 14.6 Å². The number of nitrogens with zero attached hydrogens (tertiary/aromatic N) is 5. The second-order valence-electron chi connectivity index (χ2n) is 5.72. The van der Waals surface area contributed by atoms with Crippen LogP contribution in [0.15, 0.2) is 34.9 Å². The van der Waals surface area contributed by atoms with Gasteiger partial charge in [-0.1, -0.05) is 5.16 Å². The summed E-state index contributed by atoms with van der Waals surface area (Å²) in [5.41, 5.74) is 0.486. The van der Waals surface area contributed by atoms with Crippen molar-refractivity contribution < 1.29 is 14.1 Å². The topological polar surface area (TPSA) is 108 Å². The number of rotatable bonds is 6. The van der Waals surface area contributed by atoms with Gasteiger partial charge in [0.1, 0.15) is 18.1 Å². The van der Waals surface area contributed by atoms with Crippen molar-refractivity contribution in [2.75, 3.05) is 5.32 Å². The van der Waals surface area contributed by atoms with Crippen LogP contribution in [-0.4, -0.2) is 31.3 Å². The van der Waals surface area contributed by atoms with Crippen LogP contribution in [0.25, 0.3) is 0 Å². The molecule has 2 aromatic heterocycles. The van der Waals surface area contributed by atoms with E-state index in [9.17, 15) is 4.79 Å². The third kappa shape index (κ3) is 4.00. The molecule has 0 unspecified atom stereocenters. The first kappa shape index (κ1) is 16.6. The molecule has 0 aliphatic heterocycles. The lowest BCUT2D eigenvalue weighted by molar-refractivity contribution is 0.102. The van der Waals surface area contributed by atoms with Crippen molar-refractivity contribution in [3.05, 3.63) is 47.5 Å². The van der Waals surface area contributed by atoms with Crippen molar-refractivity contribution in [3.63, 3.8) is 0 Å². The highest BCUT2D eigenvalue weighted by Gasteiger charge is 2.11. The number of aryl methyl sites for hydroxylation is 1. The highest BCUT2D eigenvalue weighted by atomic mass is 16.5. The number of carbonyl (C=O) groups excluding carboxylic acids is 1. The fraction of sp³-hybridized carbons (Fsp3) is 0.312. The highest BCUT2D eigenvalue weighted by Crippen LogP contribution is 2.16. The van der Waals surface area contributed by atoms with Gasteiger partial charge in [0, 0.05) is 11.6 Å². The van der Waals surface area contributed by atoms with Crippen LogP contribution in [0.1, 0.15) is 41.8 Å². The van der Waals surface area contributed by atoms with Crippen LogP contribution in [0.4, 0.5) is 5.82 Å². The molecule has 0 radical (unpaired) electrons. The Kier molecular flexibility index (Phi) is 4.73. The van der Waals surface area contributed by atoms with E-state index in [4.69, 9.17) is 9.26 Å². The molecule has 9 nitrogen and oxygen atoms in total. The minimum Gasteiger partial charge on any atom is -0.486 e. The molecular weight excluding hydrogens is 324 g/mol. The Hall–Kier alpha value is -3.23. The fourth-order valence-corrected chi connectivity index (χ4v) is 2.17. The summed E-state index contributed by atoms with van der Waals surface area (Å²) in [7, 11) is 0. The van der Waals surface area contributed by atoms with Crippen molar-refractivity contribution >= 4 is 11.7 Å². The van der Waals surface area contributed by atoms with E-state index in [2.05, 4.69) is 26.0 Å². The molecule has 1 aromatic carbocycles. The van der Waals surface area contributed by atoms with Gasteiger partial charge in [-0.2, -0.15) is 0 Å². The maximum atomic E-state index is 12.1. The zero-order chi connectivity index (χ0) is 17.8. The molecule has 130 valence electrons. The lowest BCUT2D eigenvalue weighted by atomic mass is 10.2. The Balaban J connectivity index is 1.60. The number of anilines is 1. The quantitative estimate of drug-likeness (QED) is 0.732. The number of aromatic nitrogens is 5. The minimum absolute atomic E-state index is 0.153. The molecule has 2 heterocycles. The normalized spacial score (nSPS) is 10.9. The molecule has 1 N–H and O–H groups in total. The smallest absolute Gasteiger partial charge is 0.256 e. The first-order valence-corrected chi connectivity index (χ1v) is 7.77. The summed E-state index contributed by atoms with van der Waals surface area (Å²) in [4.78, 5) is 12.1. The van der Waals surface area contributed by atoms with E-state index in [-0.39, 0.29) is 18.6 Å². The van der Waals surface area contributed by atoms with E-state index in [1.54, 1.807) is 41.9 Å². The second-order valence-corrected chi connectivity index (χ2v) is 5.72. The average molecular weight is 342 g/mol. The third-order valence-electron chi connectivity index (χ3n) is 3.40. The van der Waals surface area contributed by atoms with E-state index < -0.39 is 0 Å². The average Bonchev–Trinajstić information content (AvgIpc) is 3.22. The monoisotopic (exact) mass is 342 g/mol. The number of hydrogen-bond acceptors (Lipinski definition) is 7. The Morgan fingerprint density at radius 1 is 1.32 bits per heavy atom. The number of amides is 1. The van der Waals surface area contributed by atoms with Crippen molar-refractivity contribution in [1.82, 2.24) is 25.4 Å². The van der Waals surface area contributed by atoms with Gasteiger partial charge in [0.2, 0.25) is 0 Å². The zero-order valence-electron chi connectivity index (χ0n) is 14.1. The molecule has 0 spiro atoms. The summed E-state index contributed by atoms with van der Waals surface area (Å²) < 4.78 is 12.3. The van der Waals surface area contributed by atoms with Gasteiger partial charge in [0.05, 0.1) is 6.04 Å². The number of tetrazole rings is 1. The van der Waals surface area contributed by atoms with Crippen LogP contribution in [0.2, 0.25) is 0 Å². The maximum Gasteiger partial charge on any atom is 0.256 e. The third-order valence-corrected chi connectivity index (χ3v) is 3.40. The summed E-state index contributed by atoms with van der Waals surface area (Å²) in [5.74, 6) is 1.99. The van der Waals surface area contributed by atoms with Gasteiger partial charge in [-0.25, -0.2) is 4.68 Å². The molecule has 0 saturated carbocycles. The molecule has 9 heteroatoms. The molecule has 0 atom stereocenters. The molecule has 25 heavy (non-hydrogen) atoms. The molecule has 3 rings (SSSR count). The first-order chi connectivity index (χ1) is 12.0. The molecule has 3 aromatic rings.